The first-order valence-electron chi connectivity index (χ1n) is 5.57. The maximum Gasteiger partial charge on any atom is 0.101 e. The van der Waals surface area contributed by atoms with Crippen molar-refractivity contribution in [2.45, 2.75) is 52.4 Å². The molecule has 0 N–H and O–H groups in total. The van der Waals surface area contributed by atoms with E-state index in [2.05, 4.69) is 52.6 Å². The predicted octanol–water partition coefficient (Wildman–Crippen LogP) is 3.55. The molecule has 1 heterocycles. The smallest absolute Gasteiger partial charge is 0.101 e. The molecule has 2 nitrogen and oxygen atoms in total. The first kappa shape index (κ1) is 12.7. The molecular formula is C14H20N2. The van der Waals surface area contributed by atoms with Crippen LogP contribution in [0.3, 0.4) is 0 Å². The first-order chi connectivity index (χ1) is 7.16. The lowest BCUT2D eigenvalue weighted by molar-refractivity contribution is 0.514. The summed E-state index contributed by atoms with van der Waals surface area (Å²) in [7, 11) is 0. The highest BCUT2D eigenvalue weighted by atomic mass is 14.7. The van der Waals surface area contributed by atoms with Gasteiger partial charge in [0.25, 0.3) is 0 Å². The Morgan fingerprint density at radius 2 is 1.62 bits per heavy atom. The van der Waals surface area contributed by atoms with E-state index in [0.717, 1.165) is 5.69 Å². The van der Waals surface area contributed by atoms with Crippen molar-refractivity contribution >= 4 is 0 Å². The highest BCUT2D eigenvalue weighted by Gasteiger charge is 2.26. The molecule has 0 spiro atoms. The lowest BCUT2D eigenvalue weighted by Crippen LogP contribution is -2.23. The Balaban J connectivity index is 3.47. The summed E-state index contributed by atoms with van der Waals surface area (Å²) >= 11 is 0. The van der Waals surface area contributed by atoms with Crippen LogP contribution in [-0.4, -0.2) is 4.98 Å². The topological polar surface area (TPSA) is 36.7 Å². The van der Waals surface area contributed by atoms with Crippen LogP contribution in [0.2, 0.25) is 0 Å². The van der Waals surface area contributed by atoms with Gasteiger partial charge in [0.1, 0.15) is 6.07 Å². The van der Waals surface area contributed by atoms with Gasteiger partial charge in [0, 0.05) is 17.3 Å². The third-order valence-electron chi connectivity index (χ3n) is 2.54. The zero-order valence-electron chi connectivity index (χ0n) is 11.0. The summed E-state index contributed by atoms with van der Waals surface area (Å²) in [6.45, 7) is 12.9. The van der Waals surface area contributed by atoms with E-state index in [1.54, 1.807) is 6.20 Å². The van der Waals surface area contributed by atoms with Crippen LogP contribution in [0.1, 0.15) is 58.4 Å². The Bertz CT molecular complexity index is 426. The van der Waals surface area contributed by atoms with Crippen molar-refractivity contribution in [3.63, 3.8) is 0 Å². The molecule has 1 aromatic heterocycles. The molecule has 0 aliphatic carbocycles. The van der Waals surface area contributed by atoms with Gasteiger partial charge in [-0.3, -0.25) is 4.98 Å². The molecular weight excluding hydrogens is 196 g/mol. The van der Waals surface area contributed by atoms with Gasteiger partial charge < -0.3 is 0 Å². The van der Waals surface area contributed by atoms with Crippen molar-refractivity contribution in [1.29, 1.82) is 5.26 Å². The molecule has 0 aromatic carbocycles. The fourth-order valence-corrected chi connectivity index (χ4v) is 1.70. The Labute approximate surface area is 98.3 Å². The van der Waals surface area contributed by atoms with Crippen molar-refractivity contribution in [3.8, 4) is 6.07 Å². The van der Waals surface area contributed by atoms with Crippen LogP contribution in [0.15, 0.2) is 12.3 Å². The number of aromatic nitrogens is 1. The van der Waals surface area contributed by atoms with Gasteiger partial charge in [0.15, 0.2) is 0 Å². The minimum atomic E-state index is 0.0105. The van der Waals surface area contributed by atoms with E-state index in [9.17, 15) is 0 Å². The molecule has 0 fully saturated rings. The molecule has 16 heavy (non-hydrogen) atoms. The maximum absolute atomic E-state index is 8.93. The van der Waals surface area contributed by atoms with E-state index >= 15 is 0 Å². The second-order valence-corrected chi connectivity index (χ2v) is 6.23. The number of hydrogen-bond acceptors (Lipinski definition) is 2. The van der Waals surface area contributed by atoms with Gasteiger partial charge in [-0.05, 0) is 17.0 Å². The fourth-order valence-electron chi connectivity index (χ4n) is 1.70. The van der Waals surface area contributed by atoms with Crippen LogP contribution in [0.5, 0.6) is 0 Å². The number of nitriles is 1. The molecule has 1 aromatic rings. The normalized spacial score (nSPS) is 12.3. The van der Waals surface area contributed by atoms with Crippen LogP contribution in [-0.2, 0) is 10.8 Å². The van der Waals surface area contributed by atoms with Crippen molar-refractivity contribution in [3.05, 3.63) is 29.1 Å². The van der Waals surface area contributed by atoms with E-state index in [4.69, 9.17) is 5.26 Å². The lowest BCUT2D eigenvalue weighted by atomic mass is 9.78. The minimum Gasteiger partial charge on any atom is -0.259 e. The molecule has 0 aliphatic heterocycles. The summed E-state index contributed by atoms with van der Waals surface area (Å²) in [4.78, 5) is 4.46. The number of rotatable bonds is 0. The van der Waals surface area contributed by atoms with Gasteiger partial charge >= 0.3 is 0 Å². The molecule has 0 atom stereocenters. The van der Waals surface area contributed by atoms with E-state index in [1.807, 2.05) is 6.07 Å². The van der Waals surface area contributed by atoms with Crippen LogP contribution >= 0.6 is 0 Å². The molecule has 0 saturated heterocycles. The van der Waals surface area contributed by atoms with Crippen molar-refractivity contribution in [2.24, 2.45) is 0 Å². The summed E-state index contributed by atoms with van der Waals surface area (Å²) in [5.74, 6) is 0. The SMILES string of the molecule is CC(C)(C)c1cc(C#N)cnc1C(C)(C)C. The molecule has 0 bridgehead atoms. The van der Waals surface area contributed by atoms with Crippen LogP contribution in [0.4, 0.5) is 0 Å². The van der Waals surface area contributed by atoms with E-state index < -0.39 is 0 Å². The number of hydrogen-bond donors (Lipinski definition) is 0. The third-order valence-corrected chi connectivity index (χ3v) is 2.54. The zero-order valence-corrected chi connectivity index (χ0v) is 11.0. The summed E-state index contributed by atoms with van der Waals surface area (Å²) in [5.41, 5.74) is 2.91. The summed E-state index contributed by atoms with van der Waals surface area (Å²) < 4.78 is 0. The summed E-state index contributed by atoms with van der Waals surface area (Å²) in [5, 5.41) is 8.93. The average molecular weight is 216 g/mol. The van der Waals surface area contributed by atoms with Crippen LogP contribution in [0.25, 0.3) is 0 Å². The third kappa shape index (κ3) is 2.61. The quantitative estimate of drug-likeness (QED) is 0.665. The van der Waals surface area contributed by atoms with Gasteiger partial charge in [-0.1, -0.05) is 41.5 Å². The van der Waals surface area contributed by atoms with E-state index in [0.29, 0.717) is 5.56 Å². The lowest BCUT2D eigenvalue weighted by Gasteiger charge is -2.28. The Kier molecular flexibility index (Phi) is 3.10. The molecule has 86 valence electrons. The molecule has 0 radical (unpaired) electrons. The first-order valence-corrected chi connectivity index (χ1v) is 5.57. The monoisotopic (exact) mass is 216 g/mol. The zero-order chi connectivity index (χ0) is 12.6. The van der Waals surface area contributed by atoms with Crippen LogP contribution < -0.4 is 0 Å². The van der Waals surface area contributed by atoms with Gasteiger partial charge in [-0.25, -0.2) is 0 Å². The van der Waals surface area contributed by atoms with Crippen molar-refractivity contribution in [2.75, 3.05) is 0 Å². The maximum atomic E-state index is 8.93. The Morgan fingerprint density at radius 1 is 1.06 bits per heavy atom. The van der Waals surface area contributed by atoms with Gasteiger partial charge in [0.05, 0.1) is 5.56 Å². The fraction of sp³-hybridized carbons (Fsp3) is 0.571. The molecule has 0 unspecified atom stereocenters. The van der Waals surface area contributed by atoms with Crippen LogP contribution in [0, 0.1) is 11.3 Å². The van der Waals surface area contributed by atoms with Gasteiger partial charge in [-0.15, -0.1) is 0 Å². The highest BCUT2D eigenvalue weighted by molar-refractivity contribution is 5.39. The average Bonchev–Trinajstić information content (AvgIpc) is 2.14. The Morgan fingerprint density at radius 3 is 2.00 bits per heavy atom. The molecule has 0 saturated carbocycles. The van der Waals surface area contributed by atoms with Gasteiger partial charge in [-0.2, -0.15) is 5.26 Å². The van der Waals surface area contributed by atoms with Crippen molar-refractivity contribution < 1.29 is 0 Å². The summed E-state index contributed by atoms with van der Waals surface area (Å²) in [6.07, 6.45) is 1.66. The van der Waals surface area contributed by atoms with Crippen molar-refractivity contribution in [1.82, 2.24) is 4.98 Å². The predicted molar refractivity (Wildman–Crippen MR) is 66.4 cm³/mol. The van der Waals surface area contributed by atoms with Gasteiger partial charge in [0.2, 0.25) is 0 Å². The number of nitrogens with zero attached hydrogens (tertiary/aromatic N) is 2. The molecule has 0 amide bonds. The highest BCUT2D eigenvalue weighted by Crippen LogP contribution is 2.32. The molecule has 1 rings (SSSR count). The summed E-state index contributed by atoms with van der Waals surface area (Å²) in [6, 6.07) is 4.12. The standard InChI is InChI=1S/C14H20N2/c1-13(2,3)11-7-10(8-15)9-16-12(11)14(4,5)6/h7,9H,1-6H3. The number of pyridine rings is 1. The second-order valence-electron chi connectivity index (χ2n) is 6.23. The second kappa shape index (κ2) is 3.90. The molecule has 2 heteroatoms. The largest absolute Gasteiger partial charge is 0.259 e. The minimum absolute atomic E-state index is 0.0105. The van der Waals surface area contributed by atoms with E-state index in [-0.39, 0.29) is 10.8 Å². The Hall–Kier alpha value is -1.36. The van der Waals surface area contributed by atoms with E-state index in [1.165, 1.54) is 5.56 Å². The molecule has 0 aliphatic rings.